The lowest BCUT2D eigenvalue weighted by atomic mass is 9.63. The molecule has 0 N–H and O–H groups in total. The largest absolute Gasteiger partial charge is 0.378 e. The number of carbonyl (C=O) groups excluding carboxylic acids is 1. The van der Waals surface area contributed by atoms with Crippen molar-refractivity contribution >= 4 is 5.91 Å². The van der Waals surface area contributed by atoms with Crippen molar-refractivity contribution in [3.8, 4) is 0 Å². The minimum absolute atomic E-state index is 0.0860. The molecule has 6 nitrogen and oxygen atoms in total. The van der Waals surface area contributed by atoms with Gasteiger partial charge in [-0.15, -0.1) is 0 Å². The zero-order chi connectivity index (χ0) is 17.9. The third kappa shape index (κ3) is 3.53. The van der Waals surface area contributed by atoms with E-state index in [2.05, 4.69) is 25.9 Å². The van der Waals surface area contributed by atoms with Crippen LogP contribution in [-0.2, 0) is 11.3 Å². The first kappa shape index (κ1) is 18.6. The highest BCUT2D eigenvalue weighted by Gasteiger charge is 2.52. The smallest absolute Gasteiger partial charge is 0.274 e. The highest BCUT2D eigenvalue weighted by atomic mass is 16.5. The lowest BCUT2D eigenvalue weighted by Crippen LogP contribution is -2.62. The van der Waals surface area contributed by atoms with Crippen molar-refractivity contribution in [2.45, 2.75) is 65.6 Å². The summed E-state index contributed by atoms with van der Waals surface area (Å²) in [5, 5.41) is 4.16. The van der Waals surface area contributed by atoms with E-state index >= 15 is 0 Å². The summed E-state index contributed by atoms with van der Waals surface area (Å²) in [5.41, 5.74) is 0.0346. The summed E-state index contributed by atoms with van der Waals surface area (Å²) in [5.74, 6) is -0.151. The van der Waals surface area contributed by atoms with E-state index in [0.717, 1.165) is 25.9 Å². The van der Waals surface area contributed by atoms with Crippen LogP contribution in [0.4, 0.5) is 0 Å². The molecule has 1 amide bonds. The highest BCUT2D eigenvalue weighted by molar-refractivity contribution is 5.92. The van der Waals surface area contributed by atoms with Gasteiger partial charge in [0.15, 0.2) is 0 Å². The molecule has 0 aliphatic heterocycles. The number of aromatic nitrogens is 2. The number of hydrogen-bond acceptors (Lipinski definition) is 4. The third-order valence-electron chi connectivity index (χ3n) is 5.12. The second kappa shape index (κ2) is 7.47. The standard InChI is InChI=1S/C18H29N3O3/c1-6-8-11-24-15-12-14(18(15,3)4)20(5)17(23)13-9-10-16(22)21(7-2)19-13/h9-10,14-15H,6-8,11-12H2,1-5H3/t14-,15-/m1/s1. The molecule has 0 radical (unpaired) electrons. The molecule has 134 valence electrons. The molecule has 1 saturated carbocycles. The molecule has 0 bridgehead atoms. The number of unbranched alkanes of at least 4 members (excludes halogenated alkanes) is 1. The first-order chi connectivity index (χ1) is 11.3. The summed E-state index contributed by atoms with van der Waals surface area (Å²) in [4.78, 5) is 26.1. The molecule has 24 heavy (non-hydrogen) atoms. The van der Waals surface area contributed by atoms with Gasteiger partial charge >= 0.3 is 0 Å². The summed E-state index contributed by atoms with van der Waals surface area (Å²) in [7, 11) is 1.81. The average molecular weight is 335 g/mol. The maximum Gasteiger partial charge on any atom is 0.274 e. The van der Waals surface area contributed by atoms with Crippen LogP contribution in [0.1, 0.15) is 57.4 Å². The molecule has 1 fully saturated rings. The number of aryl methyl sites for hydroxylation is 1. The normalized spacial score (nSPS) is 22.0. The fourth-order valence-corrected chi connectivity index (χ4v) is 3.29. The highest BCUT2D eigenvalue weighted by Crippen LogP contribution is 2.45. The van der Waals surface area contributed by atoms with E-state index in [1.165, 1.54) is 16.8 Å². The molecule has 1 aliphatic rings. The van der Waals surface area contributed by atoms with Gasteiger partial charge < -0.3 is 9.64 Å². The number of hydrogen-bond donors (Lipinski definition) is 0. The molecule has 0 aromatic carbocycles. The second-order valence-electron chi connectivity index (χ2n) is 7.07. The molecule has 0 unspecified atom stereocenters. The maximum absolute atomic E-state index is 12.7. The summed E-state index contributed by atoms with van der Waals surface area (Å²) in [6.45, 7) is 9.49. The van der Waals surface area contributed by atoms with Gasteiger partial charge in [-0.2, -0.15) is 5.10 Å². The number of nitrogens with zero attached hydrogens (tertiary/aromatic N) is 3. The Hall–Kier alpha value is -1.69. The number of rotatable bonds is 7. The van der Waals surface area contributed by atoms with Crippen LogP contribution in [0.25, 0.3) is 0 Å². The molecule has 2 atom stereocenters. The van der Waals surface area contributed by atoms with Crippen LogP contribution < -0.4 is 5.56 Å². The van der Waals surface area contributed by atoms with E-state index in [-0.39, 0.29) is 29.0 Å². The van der Waals surface area contributed by atoms with Gasteiger partial charge in [-0.05, 0) is 25.8 Å². The summed E-state index contributed by atoms with van der Waals surface area (Å²) < 4.78 is 7.26. The van der Waals surface area contributed by atoms with Gasteiger partial charge in [-0.25, -0.2) is 4.68 Å². The van der Waals surface area contributed by atoms with E-state index in [1.807, 2.05) is 6.92 Å². The first-order valence-electron chi connectivity index (χ1n) is 8.79. The molecular formula is C18H29N3O3. The van der Waals surface area contributed by atoms with Crippen LogP contribution in [0, 0.1) is 5.41 Å². The van der Waals surface area contributed by atoms with Crippen LogP contribution >= 0.6 is 0 Å². The first-order valence-corrected chi connectivity index (χ1v) is 8.79. The van der Waals surface area contributed by atoms with E-state index < -0.39 is 0 Å². The van der Waals surface area contributed by atoms with Crippen LogP contribution in [0.3, 0.4) is 0 Å². The zero-order valence-electron chi connectivity index (χ0n) is 15.4. The SMILES string of the molecule is CCCCO[C@@H]1C[C@@H](N(C)C(=O)c2ccc(=O)n(CC)n2)C1(C)C. The zero-order valence-corrected chi connectivity index (χ0v) is 15.4. The number of ether oxygens (including phenoxy) is 1. The van der Waals surface area contributed by atoms with Crippen molar-refractivity contribution in [1.29, 1.82) is 0 Å². The van der Waals surface area contributed by atoms with Gasteiger partial charge in [0, 0.05) is 37.7 Å². The molecule has 6 heteroatoms. The average Bonchev–Trinajstić information content (AvgIpc) is 2.56. The second-order valence-corrected chi connectivity index (χ2v) is 7.07. The number of amides is 1. The molecule has 0 saturated heterocycles. The number of carbonyl (C=O) groups is 1. The maximum atomic E-state index is 12.7. The van der Waals surface area contributed by atoms with Crippen molar-refractivity contribution in [2.75, 3.05) is 13.7 Å². The Labute approximate surface area is 143 Å². The van der Waals surface area contributed by atoms with E-state index in [4.69, 9.17) is 4.74 Å². The van der Waals surface area contributed by atoms with Gasteiger partial charge in [-0.1, -0.05) is 27.2 Å². The minimum Gasteiger partial charge on any atom is -0.378 e. The molecule has 1 aromatic heterocycles. The lowest BCUT2D eigenvalue weighted by Gasteiger charge is -2.54. The quantitative estimate of drug-likeness (QED) is 0.717. The minimum atomic E-state index is -0.190. The molecule has 1 heterocycles. The van der Waals surface area contributed by atoms with Crippen molar-refractivity contribution in [2.24, 2.45) is 5.41 Å². The Bertz CT molecular complexity index is 639. The van der Waals surface area contributed by atoms with Crippen molar-refractivity contribution in [1.82, 2.24) is 14.7 Å². The molecule has 1 aliphatic carbocycles. The van der Waals surface area contributed by atoms with E-state index in [0.29, 0.717) is 12.2 Å². The van der Waals surface area contributed by atoms with Crippen LogP contribution in [0.2, 0.25) is 0 Å². The third-order valence-corrected chi connectivity index (χ3v) is 5.12. The Kier molecular flexibility index (Phi) is 5.80. The monoisotopic (exact) mass is 335 g/mol. The Balaban J connectivity index is 2.05. The van der Waals surface area contributed by atoms with Gasteiger partial charge in [-0.3, -0.25) is 9.59 Å². The topological polar surface area (TPSA) is 64.4 Å². The van der Waals surface area contributed by atoms with Gasteiger partial charge in [0.05, 0.1) is 6.10 Å². The van der Waals surface area contributed by atoms with Crippen LogP contribution in [-0.4, -0.2) is 46.4 Å². The summed E-state index contributed by atoms with van der Waals surface area (Å²) >= 11 is 0. The Morgan fingerprint density at radius 1 is 1.42 bits per heavy atom. The van der Waals surface area contributed by atoms with Crippen LogP contribution in [0.5, 0.6) is 0 Å². The summed E-state index contributed by atoms with van der Waals surface area (Å²) in [6, 6.07) is 3.02. The van der Waals surface area contributed by atoms with Crippen molar-refractivity contribution in [3.05, 3.63) is 28.2 Å². The van der Waals surface area contributed by atoms with Crippen molar-refractivity contribution < 1.29 is 9.53 Å². The van der Waals surface area contributed by atoms with Crippen LogP contribution in [0.15, 0.2) is 16.9 Å². The van der Waals surface area contributed by atoms with E-state index in [1.54, 1.807) is 11.9 Å². The fourth-order valence-electron chi connectivity index (χ4n) is 3.29. The Morgan fingerprint density at radius 3 is 2.71 bits per heavy atom. The lowest BCUT2D eigenvalue weighted by molar-refractivity contribution is -0.140. The molecule has 2 rings (SSSR count). The van der Waals surface area contributed by atoms with Crippen molar-refractivity contribution in [3.63, 3.8) is 0 Å². The van der Waals surface area contributed by atoms with Gasteiger partial charge in [0.25, 0.3) is 11.5 Å². The fraction of sp³-hybridized carbons (Fsp3) is 0.722. The van der Waals surface area contributed by atoms with E-state index in [9.17, 15) is 9.59 Å². The predicted molar refractivity (Wildman–Crippen MR) is 93.1 cm³/mol. The molecular weight excluding hydrogens is 306 g/mol. The van der Waals surface area contributed by atoms with Gasteiger partial charge in [0.2, 0.25) is 0 Å². The predicted octanol–water partition coefficient (Wildman–Crippen LogP) is 2.32. The molecule has 1 aromatic rings. The molecule has 0 spiro atoms. The summed E-state index contributed by atoms with van der Waals surface area (Å²) in [6.07, 6.45) is 3.20. The Morgan fingerprint density at radius 2 is 2.12 bits per heavy atom. The van der Waals surface area contributed by atoms with Gasteiger partial charge in [0.1, 0.15) is 5.69 Å².